The first kappa shape index (κ1) is 15.8. The molecule has 0 rings (SSSR count). The van der Waals surface area contributed by atoms with Crippen LogP contribution in [0.3, 0.4) is 0 Å². The summed E-state index contributed by atoms with van der Waals surface area (Å²) in [5, 5.41) is 0. The number of hydrogen-bond donors (Lipinski definition) is 0. The van der Waals surface area contributed by atoms with Crippen LogP contribution in [0.5, 0.6) is 0 Å². The van der Waals surface area contributed by atoms with Crippen molar-refractivity contribution in [3.63, 3.8) is 0 Å². The molecule has 0 aliphatic heterocycles. The molecular formula is H2MnOSrY. The number of hydrogen-bond acceptors (Lipinski definition) is 1. The zero-order valence-corrected chi connectivity index (χ0v) is 9.57. The summed E-state index contributed by atoms with van der Waals surface area (Å²) in [5.74, 6) is 0. The Balaban J connectivity index is -0.000000000833. The molecule has 0 aromatic heterocycles. The molecule has 0 spiro atoms. The third kappa shape index (κ3) is 8.86. The Bertz CT molecular complexity index is 13.5. The van der Waals surface area contributed by atoms with Gasteiger partial charge in [0.2, 0.25) is 0 Å². The van der Waals surface area contributed by atoms with Gasteiger partial charge in [-0.1, -0.05) is 0 Å². The molecule has 0 aromatic rings. The van der Waals surface area contributed by atoms with Gasteiger partial charge in [0.1, 0.15) is 0 Å². The van der Waals surface area contributed by atoms with Crippen molar-refractivity contribution in [2.75, 3.05) is 0 Å². The minimum atomic E-state index is 0. The van der Waals surface area contributed by atoms with Crippen molar-refractivity contribution in [3.8, 4) is 0 Å². The van der Waals surface area contributed by atoms with Crippen molar-refractivity contribution in [2.45, 2.75) is 0 Å². The van der Waals surface area contributed by atoms with Gasteiger partial charge in [0.05, 0.1) is 0 Å². The van der Waals surface area contributed by atoms with Gasteiger partial charge in [-0.15, -0.1) is 0 Å². The fourth-order valence-electron chi connectivity index (χ4n) is 0. The molecule has 0 aliphatic carbocycles. The maximum absolute atomic E-state index is 8.06. The second-order valence-electron chi connectivity index (χ2n) is 0. The summed E-state index contributed by atoms with van der Waals surface area (Å²) in [6, 6.07) is 0. The van der Waals surface area contributed by atoms with Crippen molar-refractivity contribution in [1.29, 1.82) is 0 Å². The third-order valence-electron chi connectivity index (χ3n) is 0. The van der Waals surface area contributed by atoms with Crippen LogP contribution in [0, 0.1) is 0 Å². The smallest absolute Gasteiger partial charge is 0 e. The monoisotopic (exact) mass is 250 g/mol. The van der Waals surface area contributed by atoms with Crippen LogP contribution in [0.4, 0.5) is 0 Å². The molecule has 0 unspecified atom stereocenters. The second-order valence-corrected chi connectivity index (χ2v) is 0. The van der Waals surface area contributed by atoms with Gasteiger partial charge in [0.15, 0.2) is 0 Å². The maximum atomic E-state index is 8.06. The van der Waals surface area contributed by atoms with Gasteiger partial charge in [0, 0.05) is 32.7 Å². The minimum absolute atomic E-state index is 0. The fraction of sp³-hybridized carbons (Fsp3) is 0. The summed E-state index contributed by atoms with van der Waals surface area (Å²) >= 11 is 1.69. The van der Waals surface area contributed by atoms with Gasteiger partial charge in [-0.05, 0) is 0 Å². The van der Waals surface area contributed by atoms with Gasteiger partial charge in [0.25, 0.3) is 0 Å². The first-order chi connectivity index (χ1) is 1.00. The van der Waals surface area contributed by atoms with Crippen LogP contribution in [-0.4, -0.2) is 45.5 Å². The average Bonchev–Trinajstić information content (AvgIpc) is 1.00. The summed E-state index contributed by atoms with van der Waals surface area (Å²) in [6.45, 7) is 0. The summed E-state index contributed by atoms with van der Waals surface area (Å²) in [7, 11) is 0. The predicted molar refractivity (Wildman–Crippen MR) is 8.66 cm³/mol. The molecule has 0 bridgehead atoms. The molecule has 0 amide bonds. The molecule has 4 heteroatoms. The van der Waals surface area contributed by atoms with E-state index in [9.17, 15) is 0 Å². The van der Waals surface area contributed by atoms with Gasteiger partial charge in [-0.25, -0.2) is 0 Å². The van der Waals surface area contributed by atoms with Gasteiger partial charge in [-0.3, -0.25) is 0 Å². The van der Waals surface area contributed by atoms with Gasteiger partial charge < -0.3 is 2.85 Å². The van der Waals surface area contributed by atoms with Gasteiger partial charge >= 0.3 is 65.3 Å². The van der Waals surface area contributed by atoms with Crippen LogP contribution in [0.1, 0.15) is 2.85 Å². The zero-order chi connectivity index (χ0) is 2.00. The molecule has 1 radical (unpaired) electrons. The van der Waals surface area contributed by atoms with E-state index in [1.165, 1.54) is 0 Å². The van der Waals surface area contributed by atoms with Crippen LogP contribution in [0.2, 0.25) is 0 Å². The molecule has 4 heavy (non-hydrogen) atoms. The predicted octanol–water partition coefficient (Wildman–Crippen LogP) is -0.280. The molecule has 0 aromatic carbocycles. The van der Waals surface area contributed by atoms with E-state index in [0.29, 0.717) is 0 Å². The Hall–Kier alpha value is 2.90. The zero-order valence-electron chi connectivity index (χ0n) is 4.07. The van der Waals surface area contributed by atoms with Crippen LogP contribution < -0.4 is 0 Å². The number of rotatable bonds is 0. The van der Waals surface area contributed by atoms with Gasteiger partial charge in [-0.2, -0.15) is 0 Å². The normalized spacial score (nSPS) is 1.00. The molecule has 0 heterocycles. The fourth-order valence-corrected chi connectivity index (χ4v) is 0. The summed E-state index contributed by atoms with van der Waals surface area (Å²) in [4.78, 5) is 0. The Morgan fingerprint density at radius 2 is 1.50 bits per heavy atom. The van der Waals surface area contributed by atoms with Crippen molar-refractivity contribution in [2.24, 2.45) is 0 Å². The quantitative estimate of drug-likeness (QED) is 0.540. The molecule has 0 fully saturated rings. The van der Waals surface area contributed by atoms with Crippen molar-refractivity contribution in [1.82, 2.24) is 0 Å². The van der Waals surface area contributed by atoms with E-state index in [0.717, 1.165) is 0 Å². The Morgan fingerprint density at radius 1 is 1.50 bits per heavy atom. The van der Waals surface area contributed by atoms with Crippen molar-refractivity contribution >= 4 is 45.5 Å². The average molecular weight is 249 g/mol. The molecular weight excluding hydrogens is 247 g/mol. The van der Waals surface area contributed by atoms with E-state index in [4.69, 9.17) is 3.83 Å². The van der Waals surface area contributed by atoms with Crippen LogP contribution >= 0.6 is 0 Å². The van der Waals surface area contributed by atoms with Crippen molar-refractivity contribution < 1.29 is 55.3 Å². The second kappa shape index (κ2) is 16.8. The van der Waals surface area contributed by atoms with Crippen molar-refractivity contribution in [3.05, 3.63) is 0 Å². The Morgan fingerprint density at radius 3 is 1.50 bits per heavy atom. The molecule has 20 valence electrons. The van der Waals surface area contributed by atoms with E-state index in [1.807, 2.05) is 0 Å². The molecule has 0 aliphatic rings. The van der Waals surface area contributed by atoms with E-state index in [-0.39, 0.29) is 81.0 Å². The Labute approximate surface area is 98.4 Å². The molecule has 0 N–H and O–H groups in total. The Kier molecular flexibility index (Phi) is 66.5. The van der Waals surface area contributed by atoms with E-state index in [1.54, 1.807) is 15.9 Å². The van der Waals surface area contributed by atoms with Crippen LogP contribution in [-0.2, 0) is 52.5 Å². The maximum Gasteiger partial charge on any atom is 2.00 e. The molecule has 0 saturated carbocycles. The first-order valence-electron chi connectivity index (χ1n) is 0.154. The summed E-state index contributed by atoms with van der Waals surface area (Å²) in [5.41, 5.74) is 0. The summed E-state index contributed by atoms with van der Waals surface area (Å²) in [6.07, 6.45) is 0. The van der Waals surface area contributed by atoms with E-state index >= 15 is 0 Å². The van der Waals surface area contributed by atoms with E-state index < -0.39 is 0 Å². The molecule has 1 nitrogen and oxygen atoms in total. The minimum Gasteiger partial charge on any atom is 0 e. The van der Waals surface area contributed by atoms with Crippen LogP contribution in [0.15, 0.2) is 0 Å². The topological polar surface area (TPSA) is 17.1 Å². The molecule has 0 saturated heterocycles. The third-order valence-corrected chi connectivity index (χ3v) is 0. The summed E-state index contributed by atoms with van der Waals surface area (Å²) < 4.78 is 8.06. The van der Waals surface area contributed by atoms with E-state index in [2.05, 4.69) is 0 Å². The largest absolute Gasteiger partial charge is 2.00 e. The first-order valence-corrected chi connectivity index (χ1v) is 0.636. The SMILES string of the molecule is [H-].[H-].[O]=[Mn].[Sr+2].[Y]. The molecule has 0 atom stereocenters. The standard InChI is InChI=1S/Mn.O.Sr.Y.2H/q;;+2;;2*-1. The van der Waals surface area contributed by atoms with Crippen LogP contribution in [0.25, 0.3) is 0 Å².